The van der Waals surface area contributed by atoms with Gasteiger partial charge in [-0.1, -0.05) is 23.8 Å². The molecule has 194 valence electrons. The zero-order chi connectivity index (χ0) is 27.1. The monoisotopic (exact) mass is 516 g/mol. The van der Waals surface area contributed by atoms with Crippen molar-refractivity contribution in [3.05, 3.63) is 59.2 Å². The predicted molar refractivity (Wildman–Crippen MR) is 138 cm³/mol. The van der Waals surface area contributed by atoms with Crippen molar-refractivity contribution in [2.24, 2.45) is 5.16 Å². The van der Waals surface area contributed by atoms with Crippen LogP contribution in [0.3, 0.4) is 0 Å². The third-order valence-electron chi connectivity index (χ3n) is 4.53. The van der Waals surface area contributed by atoms with Gasteiger partial charge in [-0.15, -0.1) is 0 Å². The van der Waals surface area contributed by atoms with E-state index in [0.717, 1.165) is 18.4 Å². The number of esters is 1. The van der Waals surface area contributed by atoms with Crippen LogP contribution in [0, 0.1) is 0 Å². The van der Waals surface area contributed by atoms with E-state index >= 15 is 0 Å². The van der Waals surface area contributed by atoms with Crippen LogP contribution in [0.25, 0.3) is 0 Å². The highest BCUT2D eigenvalue weighted by Gasteiger charge is 2.16. The minimum atomic E-state index is -0.654. The van der Waals surface area contributed by atoms with E-state index in [0.29, 0.717) is 23.2 Å². The maximum Gasteiger partial charge on any atom is 0.338 e. The van der Waals surface area contributed by atoms with Crippen LogP contribution in [0.5, 0.6) is 0 Å². The number of carbonyl (C=O) groups excluding carboxylic acids is 4. The van der Waals surface area contributed by atoms with Crippen molar-refractivity contribution in [2.45, 2.75) is 37.0 Å². The van der Waals surface area contributed by atoms with Crippen molar-refractivity contribution in [2.75, 3.05) is 33.9 Å². The molecule has 0 atom stereocenters. The molecule has 0 aromatic heterocycles. The molecule has 0 amide bonds. The van der Waals surface area contributed by atoms with Crippen LogP contribution < -0.4 is 0 Å². The number of benzene rings is 2. The highest BCUT2D eigenvalue weighted by Crippen LogP contribution is 2.29. The van der Waals surface area contributed by atoms with Gasteiger partial charge in [0.15, 0.2) is 6.29 Å². The van der Waals surface area contributed by atoms with E-state index in [9.17, 15) is 19.2 Å². The maximum absolute atomic E-state index is 12.5. The predicted octanol–water partition coefficient (Wildman–Crippen LogP) is 3.88. The highest BCUT2D eigenvalue weighted by molar-refractivity contribution is 7.99. The number of aliphatic hydroxyl groups excluding tert-OH is 1. The number of ether oxygens (including phenoxy) is 1. The maximum atomic E-state index is 12.5. The van der Waals surface area contributed by atoms with Crippen molar-refractivity contribution < 1.29 is 33.9 Å². The van der Waals surface area contributed by atoms with Crippen molar-refractivity contribution in [3.8, 4) is 0 Å². The van der Waals surface area contributed by atoms with Crippen LogP contribution in [-0.4, -0.2) is 73.6 Å². The van der Waals surface area contributed by atoms with Gasteiger partial charge in [0.25, 0.3) is 0 Å². The molecule has 2 aromatic rings. The minimum absolute atomic E-state index is 0.0470. The molecular weight excluding hydrogens is 484 g/mol. The van der Waals surface area contributed by atoms with Crippen LogP contribution >= 0.6 is 11.8 Å². The van der Waals surface area contributed by atoms with E-state index in [1.165, 1.54) is 24.8 Å². The summed E-state index contributed by atoms with van der Waals surface area (Å²) in [6.45, 7) is 5.92. The Kier molecular flexibility index (Phi) is 13.9. The molecule has 10 heteroatoms. The van der Waals surface area contributed by atoms with Crippen molar-refractivity contribution in [1.29, 1.82) is 0 Å². The molecule has 0 saturated carbocycles. The molecule has 0 aliphatic heterocycles. The first-order valence-electron chi connectivity index (χ1n) is 11.2. The van der Waals surface area contributed by atoms with Gasteiger partial charge in [-0.05, 0) is 70.0 Å². The molecule has 0 heterocycles. The molecule has 0 saturated heterocycles. The molecule has 36 heavy (non-hydrogen) atoms. The number of oxime groups is 1. The Bertz CT molecular complexity index is 1070. The molecule has 0 bridgehead atoms. The van der Waals surface area contributed by atoms with Crippen molar-refractivity contribution >= 4 is 41.5 Å². The van der Waals surface area contributed by atoms with E-state index in [4.69, 9.17) is 9.84 Å². The summed E-state index contributed by atoms with van der Waals surface area (Å²) in [5, 5.41) is 12.2. The second kappa shape index (κ2) is 16.4. The molecule has 2 aromatic carbocycles. The first-order valence-corrected chi connectivity index (χ1v) is 12.0. The Hall–Kier alpha value is -3.34. The average Bonchev–Trinajstić information content (AvgIpc) is 2.87. The first-order chi connectivity index (χ1) is 17.1. The third kappa shape index (κ3) is 10.9. The Morgan fingerprint density at radius 3 is 2.19 bits per heavy atom. The van der Waals surface area contributed by atoms with E-state index in [-0.39, 0.29) is 30.1 Å². The topological polar surface area (TPSA) is 123 Å². The minimum Gasteiger partial charge on any atom is -0.462 e. The van der Waals surface area contributed by atoms with Crippen LogP contribution in [0.15, 0.2) is 57.4 Å². The Balaban J connectivity index is 0.00000118. The van der Waals surface area contributed by atoms with Gasteiger partial charge in [-0.3, -0.25) is 9.59 Å². The van der Waals surface area contributed by atoms with Gasteiger partial charge in [0.2, 0.25) is 5.78 Å². The van der Waals surface area contributed by atoms with Gasteiger partial charge in [-0.25, -0.2) is 9.59 Å². The number of nitrogens with zero attached hydrogens (tertiary/aromatic N) is 2. The molecule has 2 rings (SSSR count). The molecular formula is C26H32N2O7S. The molecule has 0 radical (unpaired) electrons. The van der Waals surface area contributed by atoms with E-state index in [1.54, 1.807) is 36.4 Å². The summed E-state index contributed by atoms with van der Waals surface area (Å²) in [4.78, 5) is 54.8. The zero-order valence-corrected chi connectivity index (χ0v) is 22.0. The third-order valence-corrected chi connectivity index (χ3v) is 5.53. The van der Waals surface area contributed by atoms with E-state index < -0.39 is 17.7 Å². The van der Waals surface area contributed by atoms with E-state index in [2.05, 4.69) is 35.9 Å². The lowest BCUT2D eigenvalue weighted by atomic mass is 10.0. The molecule has 0 unspecified atom stereocenters. The molecule has 0 aliphatic carbocycles. The fourth-order valence-corrected chi connectivity index (χ4v) is 3.25. The molecule has 0 fully saturated rings. The van der Waals surface area contributed by atoms with Crippen molar-refractivity contribution in [3.63, 3.8) is 0 Å². The van der Waals surface area contributed by atoms with Gasteiger partial charge in [-0.2, -0.15) is 0 Å². The molecule has 1 N–H and O–H groups in total. The van der Waals surface area contributed by atoms with Gasteiger partial charge in [0.1, 0.15) is 5.71 Å². The summed E-state index contributed by atoms with van der Waals surface area (Å²) in [6.07, 6.45) is 0.953. The Labute approximate surface area is 215 Å². The summed E-state index contributed by atoms with van der Waals surface area (Å²) in [7, 11) is 4.11. The lowest BCUT2D eigenvalue weighted by Crippen LogP contribution is -2.14. The number of aldehydes is 1. The van der Waals surface area contributed by atoms with Crippen molar-refractivity contribution in [1.82, 2.24) is 4.90 Å². The van der Waals surface area contributed by atoms with Gasteiger partial charge in [0.05, 0.1) is 12.2 Å². The number of aliphatic hydroxyl groups is 1. The number of hydrogen-bond acceptors (Lipinski definition) is 10. The lowest BCUT2D eigenvalue weighted by molar-refractivity contribution is -0.140. The summed E-state index contributed by atoms with van der Waals surface area (Å²) in [5.41, 5.74) is 0.657. The average molecular weight is 517 g/mol. The molecule has 9 nitrogen and oxygen atoms in total. The largest absolute Gasteiger partial charge is 0.462 e. The fourth-order valence-electron chi connectivity index (χ4n) is 2.39. The number of hydrogen-bond donors (Lipinski definition) is 1. The SMILES string of the molecule is CC(=O)O/N=C(\C)C(=O)c1ccc(Sc2ccc(C(=O)OCCCO)cc2)cc1C=O.CCN(C)C. The van der Waals surface area contributed by atoms with Gasteiger partial charge in [0, 0.05) is 40.9 Å². The second-order valence-corrected chi connectivity index (χ2v) is 8.84. The first kappa shape index (κ1) is 30.7. The van der Waals surface area contributed by atoms with E-state index in [1.807, 2.05) is 0 Å². The summed E-state index contributed by atoms with van der Waals surface area (Å²) in [6, 6.07) is 11.5. The Morgan fingerprint density at radius 1 is 1.06 bits per heavy atom. The van der Waals surface area contributed by atoms with Crippen LogP contribution in [-0.2, 0) is 14.4 Å². The quantitative estimate of drug-likeness (QED) is 0.0901. The van der Waals surface area contributed by atoms with Crippen LogP contribution in [0.4, 0.5) is 0 Å². The number of ketones is 1. The summed E-state index contributed by atoms with van der Waals surface area (Å²) in [5.74, 6) is -1.65. The number of carbonyl (C=O) groups is 4. The smallest absolute Gasteiger partial charge is 0.338 e. The number of rotatable bonds is 11. The summed E-state index contributed by atoms with van der Waals surface area (Å²) >= 11 is 1.35. The summed E-state index contributed by atoms with van der Waals surface area (Å²) < 4.78 is 5.03. The highest BCUT2D eigenvalue weighted by atomic mass is 32.2. The lowest BCUT2D eigenvalue weighted by Gasteiger charge is -2.08. The molecule has 0 spiro atoms. The van der Waals surface area contributed by atoms with Gasteiger partial charge < -0.3 is 19.6 Å². The number of Topliss-reactive ketones (excluding diaryl/α,β-unsaturated/α-hetero) is 1. The zero-order valence-electron chi connectivity index (χ0n) is 21.1. The van der Waals surface area contributed by atoms with Gasteiger partial charge >= 0.3 is 11.9 Å². The normalized spacial score (nSPS) is 10.8. The Morgan fingerprint density at radius 2 is 1.67 bits per heavy atom. The van der Waals surface area contributed by atoms with Crippen LogP contribution in [0.1, 0.15) is 58.3 Å². The fraction of sp³-hybridized carbons (Fsp3) is 0.346. The molecule has 0 aliphatic rings. The standard InChI is InChI=1S/C22H21NO7S.C4H11N/c1-14(23-30-15(2)26)21(27)20-9-8-19(12-17(20)13-25)31-18-6-4-16(5-7-18)22(28)29-11-3-10-24;1-4-5(2)3/h4-9,12-13,24H,3,10-11H2,1-2H3;4H2,1-3H3/b23-14+;. The van der Waals surface area contributed by atoms with Crippen LogP contribution in [0.2, 0.25) is 0 Å². The second-order valence-electron chi connectivity index (χ2n) is 7.69.